The Morgan fingerprint density at radius 3 is 2.52 bits per heavy atom. The number of hydrogen-bond donors (Lipinski definition) is 0. The Kier molecular flexibility index (Phi) is 5.51. The van der Waals surface area contributed by atoms with Gasteiger partial charge in [-0.25, -0.2) is 0 Å². The van der Waals surface area contributed by atoms with Gasteiger partial charge >= 0.3 is 0 Å². The zero-order chi connectivity index (χ0) is 15.1. The number of aromatic nitrogens is 4. The molecule has 2 aromatic rings. The van der Waals surface area contributed by atoms with E-state index in [1.807, 2.05) is 36.6 Å². The first-order valence-corrected chi connectivity index (χ1v) is 7.25. The zero-order valence-corrected chi connectivity index (χ0v) is 12.9. The number of nitrogens with zero attached hydrogens (tertiary/aromatic N) is 5. The maximum atomic E-state index is 5.85. The lowest BCUT2D eigenvalue weighted by Crippen LogP contribution is -2.14. The highest BCUT2D eigenvalue weighted by molar-refractivity contribution is 6.30. The molecular weight excluding hydrogens is 286 g/mol. The lowest BCUT2D eigenvalue weighted by Gasteiger charge is -2.13. The SMILES string of the molecule is CCN(/C=C/C=C/c1nnn(-c2ccc(Cl)cc2)n1)CC. The molecule has 0 atom stereocenters. The fraction of sp³-hybridized carbons (Fsp3) is 0.267. The van der Waals surface area contributed by atoms with E-state index in [1.165, 1.54) is 4.80 Å². The molecule has 0 bridgehead atoms. The minimum atomic E-state index is 0.564. The molecule has 0 amide bonds. The summed E-state index contributed by atoms with van der Waals surface area (Å²) in [4.78, 5) is 3.67. The van der Waals surface area contributed by atoms with E-state index in [1.54, 1.807) is 12.1 Å². The molecule has 21 heavy (non-hydrogen) atoms. The molecule has 0 saturated carbocycles. The Morgan fingerprint density at radius 2 is 1.86 bits per heavy atom. The van der Waals surface area contributed by atoms with Crippen LogP contribution in [-0.2, 0) is 0 Å². The van der Waals surface area contributed by atoms with Crippen LogP contribution >= 0.6 is 11.6 Å². The molecule has 1 aromatic heterocycles. The Morgan fingerprint density at radius 1 is 1.14 bits per heavy atom. The van der Waals surface area contributed by atoms with Gasteiger partial charge in [0.25, 0.3) is 0 Å². The first-order chi connectivity index (χ1) is 10.2. The van der Waals surface area contributed by atoms with Crippen molar-refractivity contribution in [2.45, 2.75) is 13.8 Å². The molecule has 0 N–H and O–H groups in total. The highest BCUT2D eigenvalue weighted by Gasteiger charge is 2.01. The highest BCUT2D eigenvalue weighted by atomic mass is 35.5. The summed E-state index contributed by atoms with van der Waals surface area (Å²) in [6.45, 7) is 6.23. The highest BCUT2D eigenvalue weighted by Crippen LogP contribution is 2.11. The van der Waals surface area contributed by atoms with Gasteiger partial charge in [0.1, 0.15) is 0 Å². The molecular formula is C15H18ClN5. The van der Waals surface area contributed by atoms with Crippen LogP contribution in [0.2, 0.25) is 5.02 Å². The Balaban J connectivity index is 2.01. The van der Waals surface area contributed by atoms with E-state index < -0.39 is 0 Å². The van der Waals surface area contributed by atoms with Crippen molar-refractivity contribution in [3.8, 4) is 5.69 Å². The van der Waals surface area contributed by atoms with Crippen LogP contribution in [0.4, 0.5) is 0 Å². The first kappa shape index (κ1) is 15.3. The molecule has 0 aliphatic heterocycles. The quantitative estimate of drug-likeness (QED) is 0.769. The van der Waals surface area contributed by atoms with Crippen LogP contribution in [0, 0.1) is 0 Å². The Hall–Kier alpha value is -2.14. The fourth-order valence-electron chi connectivity index (χ4n) is 1.72. The van der Waals surface area contributed by atoms with Gasteiger partial charge in [0, 0.05) is 18.1 Å². The van der Waals surface area contributed by atoms with Gasteiger partial charge in [0.05, 0.1) is 5.69 Å². The predicted octanol–water partition coefficient (Wildman–Crippen LogP) is 3.18. The zero-order valence-electron chi connectivity index (χ0n) is 12.1. The average Bonchev–Trinajstić information content (AvgIpc) is 2.97. The van der Waals surface area contributed by atoms with Crippen LogP contribution in [0.25, 0.3) is 11.8 Å². The van der Waals surface area contributed by atoms with Gasteiger partial charge in [-0.05, 0) is 61.7 Å². The Bertz CT molecular complexity index is 611. The summed E-state index contributed by atoms with van der Waals surface area (Å²) >= 11 is 5.85. The van der Waals surface area contributed by atoms with E-state index in [4.69, 9.17) is 11.6 Å². The first-order valence-electron chi connectivity index (χ1n) is 6.87. The summed E-state index contributed by atoms with van der Waals surface area (Å²) in [7, 11) is 0. The number of allylic oxidation sites excluding steroid dienone is 2. The maximum absolute atomic E-state index is 5.85. The number of tetrazole rings is 1. The van der Waals surface area contributed by atoms with Crippen molar-refractivity contribution in [3.05, 3.63) is 53.5 Å². The standard InChI is InChI=1S/C15H18ClN5/c1-3-20(4-2)12-6-5-7-15-17-19-21(18-15)14-10-8-13(16)9-11-14/h5-12H,3-4H2,1-2H3/b7-5+,12-6+. The van der Waals surface area contributed by atoms with Gasteiger partial charge in [0.15, 0.2) is 5.82 Å². The predicted molar refractivity (Wildman–Crippen MR) is 85.3 cm³/mol. The van der Waals surface area contributed by atoms with Crippen LogP contribution in [0.3, 0.4) is 0 Å². The van der Waals surface area contributed by atoms with Gasteiger partial charge in [-0.3, -0.25) is 0 Å². The van der Waals surface area contributed by atoms with Crippen molar-refractivity contribution >= 4 is 17.7 Å². The second-order valence-corrected chi connectivity index (χ2v) is 4.77. The summed E-state index contributed by atoms with van der Waals surface area (Å²) in [5.41, 5.74) is 0.824. The molecule has 2 rings (SSSR count). The van der Waals surface area contributed by atoms with E-state index in [-0.39, 0.29) is 0 Å². The summed E-state index contributed by atoms with van der Waals surface area (Å²) in [5.74, 6) is 0.564. The van der Waals surface area contributed by atoms with E-state index >= 15 is 0 Å². The molecule has 0 saturated heterocycles. The van der Waals surface area contributed by atoms with Crippen LogP contribution in [0.15, 0.2) is 42.6 Å². The normalized spacial score (nSPS) is 11.6. The topological polar surface area (TPSA) is 46.8 Å². The Labute approximate surface area is 129 Å². The molecule has 1 aromatic carbocycles. The molecule has 0 spiro atoms. The number of halogens is 1. The number of benzene rings is 1. The third-order valence-corrected chi connectivity index (χ3v) is 3.20. The van der Waals surface area contributed by atoms with Crippen molar-refractivity contribution in [2.75, 3.05) is 13.1 Å². The van der Waals surface area contributed by atoms with E-state index in [2.05, 4.69) is 34.2 Å². The van der Waals surface area contributed by atoms with Crippen LogP contribution in [-0.4, -0.2) is 38.2 Å². The van der Waals surface area contributed by atoms with E-state index in [0.29, 0.717) is 10.8 Å². The van der Waals surface area contributed by atoms with Crippen LogP contribution in [0.1, 0.15) is 19.7 Å². The van der Waals surface area contributed by atoms with Gasteiger partial charge in [-0.2, -0.15) is 0 Å². The fourth-order valence-corrected chi connectivity index (χ4v) is 1.85. The van der Waals surface area contributed by atoms with Crippen molar-refractivity contribution in [2.24, 2.45) is 0 Å². The van der Waals surface area contributed by atoms with Crippen LogP contribution in [0.5, 0.6) is 0 Å². The minimum absolute atomic E-state index is 0.564. The molecule has 6 heteroatoms. The van der Waals surface area contributed by atoms with Crippen LogP contribution < -0.4 is 0 Å². The second-order valence-electron chi connectivity index (χ2n) is 4.34. The molecule has 0 unspecified atom stereocenters. The molecule has 0 aliphatic carbocycles. The second kappa shape index (κ2) is 7.59. The molecule has 110 valence electrons. The van der Waals surface area contributed by atoms with Gasteiger partial charge in [-0.15, -0.1) is 15.0 Å². The third kappa shape index (κ3) is 4.43. The molecule has 5 nitrogen and oxygen atoms in total. The van der Waals surface area contributed by atoms with Gasteiger partial charge < -0.3 is 4.90 Å². The van der Waals surface area contributed by atoms with Crippen molar-refractivity contribution in [3.63, 3.8) is 0 Å². The lowest BCUT2D eigenvalue weighted by molar-refractivity contribution is 0.419. The third-order valence-electron chi connectivity index (χ3n) is 2.95. The monoisotopic (exact) mass is 303 g/mol. The molecule has 0 fully saturated rings. The van der Waals surface area contributed by atoms with Crippen molar-refractivity contribution < 1.29 is 0 Å². The summed E-state index contributed by atoms with van der Waals surface area (Å²) < 4.78 is 0. The number of hydrogen-bond acceptors (Lipinski definition) is 4. The van der Waals surface area contributed by atoms with Crippen molar-refractivity contribution in [1.82, 2.24) is 25.1 Å². The maximum Gasteiger partial charge on any atom is 0.198 e. The molecule has 0 radical (unpaired) electrons. The van der Waals surface area contributed by atoms with Gasteiger partial charge in [0.2, 0.25) is 0 Å². The lowest BCUT2D eigenvalue weighted by atomic mass is 10.3. The summed E-state index contributed by atoms with van der Waals surface area (Å²) in [6.07, 6.45) is 7.73. The summed E-state index contributed by atoms with van der Waals surface area (Å²) in [6, 6.07) is 7.28. The minimum Gasteiger partial charge on any atom is -0.378 e. The largest absolute Gasteiger partial charge is 0.378 e. The van der Waals surface area contributed by atoms with Gasteiger partial charge in [-0.1, -0.05) is 17.7 Å². The van der Waals surface area contributed by atoms with E-state index in [9.17, 15) is 0 Å². The summed E-state index contributed by atoms with van der Waals surface area (Å²) in [5, 5.41) is 13.0. The molecule has 0 aliphatic rings. The number of rotatable bonds is 6. The van der Waals surface area contributed by atoms with E-state index in [0.717, 1.165) is 18.8 Å². The average molecular weight is 304 g/mol. The molecule has 1 heterocycles. The smallest absolute Gasteiger partial charge is 0.198 e. The van der Waals surface area contributed by atoms with Crippen molar-refractivity contribution in [1.29, 1.82) is 0 Å².